The van der Waals surface area contributed by atoms with Gasteiger partial charge >= 0.3 is 0 Å². The van der Waals surface area contributed by atoms with Gasteiger partial charge in [0.15, 0.2) is 0 Å². The predicted octanol–water partition coefficient (Wildman–Crippen LogP) is 1.46. The quantitative estimate of drug-likeness (QED) is 0.683. The summed E-state index contributed by atoms with van der Waals surface area (Å²) in [6.07, 6.45) is -0.536. The molecule has 0 aromatic heterocycles. The number of rotatable bonds is 5. The Kier molecular flexibility index (Phi) is 4.09. The summed E-state index contributed by atoms with van der Waals surface area (Å²) in [7, 11) is 0. The van der Waals surface area contributed by atoms with Crippen LogP contribution < -0.4 is 5.32 Å². The number of aliphatic hydroxyl groups excluding tert-OH is 2. The Bertz CT molecular complexity index is 484. The average molecular weight is 231 g/mol. The maximum Gasteiger partial charge on any atom is 0.0914 e. The van der Waals surface area contributed by atoms with Gasteiger partial charge in [0.25, 0.3) is 0 Å². The number of fused-ring (bicyclic) bond motifs is 1. The molecular formula is C14H17NO2. The van der Waals surface area contributed by atoms with E-state index in [0.29, 0.717) is 13.1 Å². The van der Waals surface area contributed by atoms with Crippen LogP contribution in [0.15, 0.2) is 42.5 Å². The molecule has 0 fully saturated rings. The van der Waals surface area contributed by atoms with Crippen molar-refractivity contribution in [1.29, 1.82) is 0 Å². The van der Waals surface area contributed by atoms with Gasteiger partial charge in [-0.1, -0.05) is 36.4 Å². The van der Waals surface area contributed by atoms with E-state index in [1.165, 1.54) is 5.39 Å². The topological polar surface area (TPSA) is 52.5 Å². The molecule has 2 aromatic rings. The molecule has 0 saturated carbocycles. The van der Waals surface area contributed by atoms with E-state index >= 15 is 0 Å². The highest BCUT2D eigenvalue weighted by Gasteiger charge is 2.07. The first kappa shape index (κ1) is 12.0. The summed E-state index contributed by atoms with van der Waals surface area (Å²) in [5.74, 6) is 0. The van der Waals surface area contributed by atoms with Gasteiger partial charge in [0.05, 0.1) is 12.7 Å². The minimum atomic E-state index is -0.536. The number of nitrogens with one attached hydrogen (secondary N) is 1. The molecule has 2 aromatic carbocycles. The molecule has 0 aliphatic rings. The van der Waals surface area contributed by atoms with Crippen molar-refractivity contribution >= 4 is 10.8 Å². The van der Waals surface area contributed by atoms with Crippen LogP contribution in [0.4, 0.5) is 0 Å². The number of hydrogen-bond donors (Lipinski definition) is 3. The van der Waals surface area contributed by atoms with E-state index in [-0.39, 0.29) is 6.61 Å². The monoisotopic (exact) mass is 231 g/mol. The van der Waals surface area contributed by atoms with Gasteiger partial charge in [0.2, 0.25) is 0 Å². The van der Waals surface area contributed by atoms with Crippen molar-refractivity contribution < 1.29 is 10.2 Å². The molecule has 90 valence electrons. The molecule has 0 amide bonds. The van der Waals surface area contributed by atoms with Gasteiger partial charge in [0.1, 0.15) is 0 Å². The molecule has 3 heteroatoms. The maximum atomic E-state index is 9.96. The van der Waals surface area contributed by atoms with Crippen molar-refractivity contribution in [2.24, 2.45) is 0 Å². The molecular weight excluding hydrogens is 214 g/mol. The second kappa shape index (κ2) is 5.77. The lowest BCUT2D eigenvalue weighted by atomic mass is 10.0. The average Bonchev–Trinajstić information content (AvgIpc) is 2.38. The second-order valence-corrected chi connectivity index (χ2v) is 4.05. The summed E-state index contributed by atoms with van der Waals surface area (Å²) in [5.41, 5.74) is 0.897. The van der Waals surface area contributed by atoms with Gasteiger partial charge in [-0.05, 0) is 22.4 Å². The molecule has 0 spiro atoms. The third-order valence-corrected chi connectivity index (χ3v) is 2.78. The Balaban J connectivity index is 2.12. The van der Waals surface area contributed by atoms with Crippen LogP contribution in [-0.4, -0.2) is 29.9 Å². The SMILES string of the molecule is OCCNC[C@@H](O)c1ccc2ccccc2c1. The smallest absolute Gasteiger partial charge is 0.0914 e. The van der Waals surface area contributed by atoms with Crippen molar-refractivity contribution in [2.75, 3.05) is 19.7 Å². The van der Waals surface area contributed by atoms with E-state index in [2.05, 4.69) is 11.4 Å². The minimum absolute atomic E-state index is 0.0877. The number of hydrogen-bond acceptors (Lipinski definition) is 3. The van der Waals surface area contributed by atoms with Gasteiger partial charge in [-0.3, -0.25) is 0 Å². The Morgan fingerprint density at radius 1 is 1.06 bits per heavy atom. The highest BCUT2D eigenvalue weighted by molar-refractivity contribution is 5.83. The number of aliphatic hydroxyl groups is 2. The fourth-order valence-electron chi connectivity index (χ4n) is 1.85. The highest BCUT2D eigenvalue weighted by atomic mass is 16.3. The van der Waals surface area contributed by atoms with Crippen LogP contribution >= 0.6 is 0 Å². The molecule has 2 rings (SSSR count). The summed E-state index contributed by atoms with van der Waals surface area (Å²) in [4.78, 5) is 0. The lowest BCUT2D eigenvalue weighted by Crippen LogP contribution is -2.24. The molecule has 0 heterocycles. The highest BCUT2D eigenvalue weighted by Crippen LogP contribution is 2.19. The zero-order valence-corrected chi connectivity index (χ0v) is 9.63. The first-order valence-electron chi connectivity index (χ1n) is 5.79. The lowest BCUT2D eigenvalue weighted by molar-refractivity contribution is 0.171. The van der Waals surface area contributed by atoms with E-state index in [1.807, 2.05) is 36.4 Å². The molecule has 1 atom stereocenters. The summed E-state index contributed by atoms with van der Waals surface area (Å²) in [6.45, 7) is 1.05. The van der Waals surface area contributed by atoms with Crippen LogP contribution in [-0.2, 0) is 0 Å². The molecule has 0 bridgehead atoms. The van der Waals surface area contributed by atoms with Gasteiger partial charge in [-0.15, -0.1) is 0 Å². The number of benzene rings is 2. The largest absolute Gasteiger partial charge is 0.395 e. The third-order valence-electron chi connectivity index (χ3n) is 2.78. The van der Waals surface area contributed by atoms with Crippen molar-refractivity contribution in [3.05, 3.63) is 48.0 Å². The second-order valence-electron chi connectivity index (χ2n) is 4.05. The Hall–Kier alpha value is -1.42. The van der Waals surface area contributed by atoms with E-state index < -0.39 is 6.10 Å². The standard InChI is InChI=1S/C14H17NO2/c16-8-7-15-10-14(17)13-6-5-11-3-1-2-4-12(11)9-13/h1-6,9,14-17H,7-8,10H2/t14-/m1/s1. The zero-order chi connectivity index (χ0) is 12.1. The normalized spacial score (nSPS) is 12.8. The van der Waals surface area contributed by atoms with Crippen molar-refractivity contribution in [3.63, 3.8) is 0 Å². The molecule has 0 aliphatic heterocycles. The molecule has 3 nitrogen and oxygen atoms in total. The van der Waals surface area contributed by atoms with E-state index in [0.717, 1.165) is 10.9 Å². The summed E-state index contributed by atoms with van der Waals surface area (Å²) in [5, 5.41) is 23.9. The Morgan fingerprint density at radius 2 is 1.82 bits per heavy atom. The summed E-state index contributed by atoms with van der Waals surface area (Å²) < 4.78 is 0. The predicted molar refractivity (Wildman–Crippen MR) is 68.9 cm³/mol. The minimum Gasteiger partial charge on any atom is -0.395 e. The summed E-state index contributed by atoms with van der Waals surface area (Å²) in [6, 6.07) is 14.0. The van der Waals surface area contributed by atoms with Crippen molar-refractivity contribution in [1.82, 2.24) is 5.32 Å². The van der Waals surface area contributed by atoms with E-state index in [1.54, 1.807) is 0 Å². The molecule has 0 radical (unpaired) electrons. The fourth-order valence-corrected chi connectivity index (χ4v) is 1.85. The molecule has 17 heavy (non-hydrogen) atoms. The summed E-state index contributed by atoms with van der Waals surface area (Å²) >= 11 is 0. The maximum absolute atomic E-state index is 9.96. The molecule has 0 unspecified atom stereocenters. The van der Waals surface area contributed by atoms with Crippen molar-refractivity contribution in [2.45, 2.75) is 6.10 Å². The fraction of sp³-hybridized carbons (Fsp3) is 0.286. The van der Waals surface area contributed by atoms with Crippen LogP contribution in [0.3, 0.4) is 0 Å². The Morgan fingerprint density at radius 3 is 2.59 bits per heavy atom. The van der Waals surface area contributed by atoms with E-state index in [4.69, 9.17) is 5.11 Å². The van der Waals surface area contributed by atoms with E-state index in [9.17, 15) is 5.11 Å². The molecule has 0 saturated heterocycles. The molecule has 0 aliphatic carbocycles. The van der Waals surface area contributed by atoms with Crippen LogP contribution in [0.1, 0.15) is 11.7 Å². The van der Waals surface area contributed by atoms with Gasteiger partial charge in [-0.25, -0.2) is 0 Å². The van der Waals surface area contributed by atoms with Crippen molar-refractivity contribution in [3.8, 4) is 0 Å². The Labute approximate surface area is 101 Å². The molecule has 3 N–H and O–H groups in total. The first-order valence-corrected chi connectivity index (χ1v) is 5.79. The van der Waals surface area contributed by atoms with Gasteiger partial charge < -0.3 is 15.5 Å². The first-order chi connectivity index (χ1) is 8.31. The van der Waals surface area contributed by atoms with Crippen LogP contribution in [0.25, 0.3) is 10.8 Å². The van der Waals surface area contributed by atoms with Crippen LogP contribution in [0.2, 0.25) is 0 Å². The van der Waals surface area contributed by atoms with Gasteiger partial charge in [-0.2, -0.15) is 0 Å². The van der Waals surface area contributed by atoms with Crippen LogP contribution in [0, 0.1) is 0 Å². The van der Waals surface area contributed by atoms with Crippen LogP contribution in [0.5, 0.6) is 0 Å². The van der Waals surface area contributed by atoms with Gasteiger partial charge in [0, 0.05) is 13.1 Å². The third kappa shape index (κ3) is 3.03. The zero-order valence-electron chi connectivity index (χ0n) is 9.63. The lowest BCUT2D eigenvalue weighted by Gasteiger charge is -2.12.